The Labute approximate surface area is 120 Å². The van der Waals surface area contributed by atoms with Crippen LogP contribution in [0.1, 0.15) is 16.6 Å². The molecule has 2 aromatic heterocycles. The third-order valence-electron chi connectivity index (χ3n) is 2.71. The molecule has 0 atom stereocenters. The Hall–Kier alpha value is -1.74. The highest BCUT2D eigenvalue weighted by Gasteiger charge is 2.18. The molecular weight excluding hydrogens is 300 g/mol. The molecule has 0 unspecified atom stereocenters. The lowest BCUT2D eigenvalue weighted by molar-refractivity contribution is 0.0961. The topological polar surface area (TPSA) is 115 Å². The fraction of sp³-hybridized carbons (Fsp3) is 0.364. The maximum Gasteiger partial charge on any atom is 0.263 e. The van der Waals surface area contributed by atoms with Crippen LogP contribution in [0.25, 0.3) is 10.3 Å². The normalized spacial score (nSPS) is 11.7. The monoisotopic (exact) mass is 314 g/mol. The summed E-state index contributed by atoms with van der Waals surface area (Å²) in [5.41, 5.74) is 6.61. The molecule has 2 aromatic rings. The molecule has 2 heterocycles. The summed E-state index contributed by atoms with van der Waals surface area (Å²) in [6, 6.07) is 0. The van der Waals surface area contributed by atoms with Crippen LogP contribution in [0.4, 0.5) is 5.69 Å². The molecule has 7 nitrogen and oxygen atoms in total. The van der Waals surface area contributed by atoms with Gasteiger partial charge >= 0.3 is 0 Å². The first-order valence-corrected chi connectivity index (χ1v) is 8.56. The zero-order chi connectivity index (χ0) is 14.8. The van der Waals surface area contributed by atoms with Gasteiger partial charge in [-0.05, 0) is 0 Å². The predicted molar refractivity (Wildman–Crippen MR) is 78.5 cm³/mol. The van der Waals surface area contributed by atoms with Gasteiger partial charge in [0.2, 0.25) is 0 Å². The molecule has 3 N–H and O–H groups in total. The number of carbonyl (C=O) groups is 1. The number of fused-ring (bicyclic) bond motifs is 1. The van der Waals surface area contributed by atoms with Gasteiger partial charge in [0, 0.05) is 24.7 Å². The Kier molecular flexibility index (Phi) is 4.19. The van der Waals surface area contributed by atoms with E-state index in [-0.39, 0.29) is 23.7 Å². The van der Waals surface area contributed by atoms with Gasteiger partial charge < -0.3 is 11.1 Å². The molecule has 0 fully saturated rings. The van der Waals surface area contributed by atoms with Gasteiger partial charge in [-0.25, -0.2) is 18.4 Å². The van der Waals surface area contributed by atoms with Crippen molar-refractivity contribution in [2.24, 2.45) is 0 Å². The Morgan fingerprint density at radius 3 is 2.75 bits per heavy atom. The van der Waals surface area contributed by atoms with Crippen molar-refractivity contribution in [1.82, 2.24) is 15.3 Å². The number of sulfone groups is 1. The van der Waals surface area contributed by atoms with Gasteiger partial charge in [-0.3, -0.25) is 4.79 Å². The van der Waals surface area contributed by atoms with Crippen LogP contribution in [0, 0.1) is 0 Å². The van der Waals surface area contributed by atoms with Crippen molar-refractivity contribution in [1.29, 1.82) is 0 Å². The van der Waals surface area contributed by atoms with Crippen molar-refractivity contribution >= 4 is 43.1 Å². The second-order valence-electron chi connectivity index (χ2n) is 4.05. The molecular formula is C11H14N4O3S2. The number of amides is 1. The van der Waals surface area contributed by atoms with Crippen LogP contribution in [0.2, 0.25) is 0 Å². The highest BCUT2D eigenvalue weighted by Crippen LogP contribution is 2.30. The Balaban J connectivity index is 2.10. The number of aromatic nitrogens is 2. The number of nitrogens with zero attached hydrogens (tertiary/aromatic N) is 2. The Morgan fingerprint density at radius 1 is 1.40 bits per heavy atom. The summed E-state index contributed by atoms with van der Waals surface area (Å²) in [6.07, 6.45) is 3.02. The van der Waals surface area contributed by atoms with E-state index in [1.54, 1.807) is 6.92 Å². The quantitative estimate of drug-likeness (QED) is 0.827. The van der Waals surface area contributed by atoms with Crippen molar-refractivity contribution in [2.45, 2.75) is 6.92 Å². The lowest BCUT2D eigenvalue weighted by Gasteiger charge is -2.04. The summed E-state index contributed by atoms with van der Waals surface area (Å²) in [5.74, 6) is -0.434. The lowest BCUT2D eigenvalue weighted by atomic mass is 10.3. The van der Waals surface area contributed by atoms with E-state index in [1.807, 2.05) is 0 Å². The number of nitrogens with one attached hydrogen (secondary N) is 1. The molecule has 1 amide bonds. The fourth-order valence-corrected chi connectivity index (χ4v) is 3.20. The first kappa shape index (κ1) is 14.7. The van der Waals surface area contributed by atoms with Crippen molar-refractivity contribution < 1.29 is 13.2 Å². The van der Waals surface area contributed by atoms with Gasteiger partial charge in [-0.2, -0.15) is 0 Å². The number of rotatable bonds is 5. The van der Waals surface area contributed by atoms with E-state index in [2.05, 4.69) is 15.3 Å². The van der Waals surface area contributed by atoms with Crippen LogP contribution >= 0.6 is 11.3 Å². The van der Waals surface area contributed by atoms with Crippen molar-refractivity contribution in [3.63, 3.8) is 0 Å². The number of nitrogen functional groups attached to an aromatic ring is 1. The first-order chi connectivity index (χ1) is 9.44. The maximum absolute atomic E-state index is 12.0. The van der Waals surface area contributed by atoms with Gasteiger partial charge in [0.25, 0.3) is 5.91 Å². The SMILES string of the molecule is CCS(=O)(=O)CCNC(=O)c1sc2nccnc2c1N. The van der Waals surface area contributed by atoms with Crippen molar-refractivity contribution in [3.05, 3.63) is 17.3 Å². The van der Waals surface area contributed by atoms with E-state index in [0.717, 1.165) is 11.3 Å². The molecule has 2 rings (SSSR count). The zero-order valence-corrected chi connectivity index (χ0v) is 12.4. The molecule has 9 heteroatoms. The number of hydrogen-bond donors (Lipinski definition) is 2. The van der Waals surface area contributed by atoms with Crippen molar-refractivity contribution in [2.75, 3.05) is 23.8 Å². The molecule has 0 aliphatic heterocycles. The van der Waals surface area contributed by atoms with Crippen LogP contribution < -0.4 is 11.1 Å². The van der Waals surface area contributed by atoms with Gasteiger partial charge in [0.15, 0.2) is 9.84 Å². The molecule has 0 aliphatic rings. The highest BCUT2D eigenvalue weighted by atomic mass is 32.2. The van der Waals surface area contributed by atoms with Gasteiger partial charge in [-0.15, -0.1) is 11.3 Å². The number of thiophene rings is 1. The summed E-state index contributed by atoms with van der Waals surface area (Å²) in [5, 5.41) is 2.55. The second kappa shape index (κ2) is 5.71. The zero-order valence-electron chi connectivity index (χ0n) is 10.8. The molecule has 0 radical (unpaired) electrons. The summed E-state index contributed by atoms with van der Waals surface area (Å²) in [4.78, 5) is 21.0. The highest BCUT2D eigenvalue weighted by molar-refractivity contribution is 7.91. The number of carbonyl (C=O) groups excluding carboxylic acids is 1. The van der Waals surface area contributed by atoms with Crippen LogP contribution in [0.5, 0.6) is 0 Å². The molecule has 0 spiro atoms. The molecule has 0 bridgehead atoms. The van der Waals surface area contributed by atoms with Crippen LogP contribution in [-0.4, -0.2) is 42.3 Å². The van der Waals surface area contributed by atoms with Crippen LogP contribution in [-0.2, 0) is 9.84 Å². The minimum absolute atomic E-state index is 0.0573. The average molecular weight is 314 g/mol. The van der Waals surface area contributed by atoms with Gasteiger partial charge in [-0.1, -0.05) is 6.92 Å². The van der Waals surface area contributed by atoms with E-state index < -0.39 is 15.7 Å². The second-order valence-corrected chi connectivity index (χ2v) is 7.52. The van der Waals surface area contributed by atoms with Crippen molar-refractivity contribution in [3.8, 4) is 0 Å². The molecule has 0 saturated carbocycles. The van der Waals surface area contributed by atoms with E-state index in [0.29, 0.717) is 15.2 Å². The van der Waals surface area contributed by atoms with Gasteiger partial charge in [0.1, 0.15) is 15.2 Å². The largest absolute Gasteiger partial charge is 0.396 e. The summed E-state index contributed by atoms with van der Waals surface area (Å²) >= 11 is 1.14. The number of nitrogens with two attached hydrogens (primary N) is 1. The average Bonchev–Trinajstić information content (AvgIpc) is 2.76. The van der Waals surface area contributed by atoms with E-state index in [4.69, 9.17) is 5.73 Å². The molecule has 20 heavy (non-hydrogen) atoms. The van der Waals surface area contributed by atoms with E-state index in [1.165, 1.54) is 12.4 Å². The maximum atomic E-state index is 12.0. The molecule has 0 saturated heterocycles. The number of anilines is 1. The smallest absolute Gasteiger partial charge is 0.263 e. The van der Waals surface area contributed by atoms with Crippen LogP contribution in [0.15, 0.2) is 12.4 Å². The fourth-order valence-electron chi connectivity index (χ4n) is 1.56. The Morgan fingerprint density at radius 2 is 2.10 bits per heavy atom. The summed E-state index contributed by atoms with van der Waals surface area (Å²) < 4.78 is 22.7. The van der Waals surface area contributed by atoms with E-state index >= 15 is 0 Å². The van der Waals surface area contributed by atoms with Gasteiger partial charge in [0.05, 0.1) is 11.4 Å². The van der Waals surface area contributed by atoms with E-state index in [9.17, 15) is 13.2 Å². The summed E-state index contributed by atoms with van der Waals surface area (Å²) in [6.45, 7) is 1.63. The number of hydrogen-bond acceptors (Lipinski definition) is 7. The first-order valence-electron chi connectivity index (χ1n) is 5.92. The minimum Gasteiger partial charge on any atom is -0.396 e. The summed E-state index contributed by atoms with van der Waals surface area (Å²) in [7, 11) is -3.10. The minimum atomic E-state index is -3.10. The molecule has 0 aliphatic carbocycles. The molecule has 108 valence electrons. The molecule has 0 aromatic carbocycles. The standard InChI is InChI=1S/C11H14N4O3S2/c1-2-20(17,18)6-5-14-10(16)9-7(12)8-11(19-9)15-4-3-13-8/h3-4H,2,5-6,12H2,1H3,(H,14,16). The lowest BCUT2D eigenvalue weighted by Crippen LogP contribution is -2.29. The third kappa shape index (κ3) is 3.05. The Bertz CT molecular complexity index is 739. The third-order valence-corrected chi connectivity index (χ3v) is 5.52. The van der Waals surface area contributed by atoms with Crippen LogP contribution in [0.3, 0.4) is 0 Å². The predicted octanol–water partition coefficient (Wildman–Crippen LogP) is 0.438.